The van der Waals surface area contributed by atoms with Crippen molar-refractivity contribution in [2.75, 3.05) is 5.23 Å². The van der Waals surface area contributed by atoms with Crippen LogP contribution in [0.5, 0.6) is 0 Å². The predicted molar refractivity (Wildman–Crippen MR) is 58.4 cm³/mol. The maximum absolute atomic E-state index is 10.8. The van der Waals surface area contributed by atoms with Crippen molar-refractivity contribution in [1.82, 2.24) is 0 Å². The lowest BCUT2D eigenvalue weighted by atomic mass is 10.2. The van der Waals surface area contributed by atoms with Gasteiger partial charge >= 0.3 is 0 Å². The highest BCUT2D eigenvalue weighted by Gasteiger charge is 2.12. The Hall–Kier alpha value is -1.10. The fourth-order valence-electron chi connectivity index (χ4n) is 1.41. The molecule has 0 radical (unpaired) electrons. The van der Waals surface area contributed by atoms with Crippen molar-refractivity contribution >= 4 is 21.6 Å². The van der Waals surface area contributed by atoms with Crippen molar-refractivity contribution in [2.24, 2.45) is 0 Å². The predicted octanol–water partition coefficient (Wildman–Crippen LogP) is 3.25. The molecule has 0 heterocycles. The summed E-state index contributed by atoms with van der Waals surface area (Å²) in [6.45, 7) is 0. The molecule has 0 aliphatic heterocycles. The normalized spacial score (nSPS) is 10.5. The van der Waals surface area contributed by atoms with Gasteiger partial charge in [-0.1, -0.05) is 46.3 Å². The Morgan fingerprint density at radius 1 is 1.14 bits per heavy atom. The summed E-state index contributed by atoms with van der Waals surface area (Å²) in [7, 11) is 0. The quantitative estimate of drug-likeness (QED) is 0.793. The van der Waals surface area contributed by atoms with Crippen LogP contribution in [-0.4, -0.2) is 5.21 Å². The first kappa shape index (κ1) is 9.45. The van der Waals surface area contributed by atoms with E-state index in [1.807, 2.05) is 24.3 Å². The zero-order chi connectivity index (χ0) is 10.1. The molecule has 0 bridgehead atoms. The Bertz CT molecular complexity index is 431. The Labute approximate surface area is 89.6 Å². The van der Waals surface area contributed by atoms with Crippen molar-refractivity contribution in [3.05, 3.63) is 46.1 Å². The minimum Gasteiger partial charge on any atom is -0.733 e. The van der Waals surface area contributed by atoms with Crippen molar-refractivity contribution in [3.8, 4) is 11.1 Å². The average Bonchev–Trinajstić information content (AvgIpc) is 2.38. The number of rotatable bonds is 1. The molecule has 0 spiro atoms. The van der Waals surface area contributed by atoms with Crippen molar-refractivity contribution < 1.29 is 5.21 Å². The van der Waals surface area contributed by atoms with Gasteiger partial charge in [-0.15, -0.1) is 0 Å². The molecule has 2 aliphatic carbocycles. The van der Waals surface area contributed by atoms with Gasteiger partial charge in [0.15, 0.2) is 0 Å². The topological polar surface area (TPSA) is 46.5 Å². The van der Waals surface area contributed by atoms with E-state index in [1.54, 1.807) is 12.1 Å². The number of anilines is 1. The molecule has 0 aromatic carbocycles. The third-order valence-electron chi connectivity index (χ3n) is 2.04. The van der Waals surface area contributed by atoms with Crippen LogP contribution in [0.3, 0.4) is 0 Å². The molecule has 0 atom stereocenters. The molecule has 1 N–H and O–H groups in total. The van der Waals surface area contributed by atoms with Gasteiger partial charge in [-0.3, -0.25) is 5.21 Å². The fourth-order valence-corrected chi connectivity index (χ4v) is 1.98. The van der Waals surface area contributed by atoms with Crippen LogP contribution in [0, 0.1) is 5.21 Å². The first-order valence-electron chi connectivity index (χ1n) is 4.03. The van der Waals surface area contributed by atoms with E-state index in [2.05, 4.69) is 15.9 Å². The maximum Gasteiger partial charge on any atom is 0.0599 e. The third kappa shape index (κ3) is 1.48. The van der Waals surface area contributed by atoms with Crippen molar-refractivity contribution in [1.29, 1.82) is 0 Å². The monoisotopic (exact) mass is 252 g/mol. The zero-order valence-corrected chi connectivity index (χ0v) is 8.73. The fraction of sp³-hybridized carbons (Fsp3) is 0. The van der Waals surface area contributed by atoms with Gasteiger partial charge in [0.05, 0.1) is 5.69 Å². The molecule has 4 heteroatoms. The summed E-state index contributed by atoms with van der Waals surface area (Å²) in [4.78, 5) is 0. The Kier molecular flexibility index (Phi) is 2.41. The molecule has 2 rings (SSSR count). The number of halogens is 1. The summed E-state index contributed by atoms with van der Waals surface area (Å²) in [6.07, 6.45) is 0. The molecule has 0 aromatic rings. The summed E-state index contributed by atoms with van der Waals surface area (Å²) in [5.74, 6) is 0. The Balaban J connectivity index is 2.70. The van der Waals surface area contributed by atoms with E-state index in [9.17, 15) is 5.21 Å². The van der Waals surface area contributed by atoms with Crippen LogP contribution in [0.4, 0.5) is 5.69 Å². The van der Waals surface area contributed by atoms with Crippen LogP contribution in [-0.2, 0) is 0 Å². The average molecular weight is 253 g/mol. The van der Waals surface area contributed by atoms with Gasteiger partial charge in [-0.25, -0.2) is 0 Å². The number of hydrogen-bond acceptors (Lipinski definition) is 3. The highest BCUT2D eigenvalue weighted by molar-refractivity contribution is 9.10. The lowest BCUT2D eigenvalue weighted by Crippen LogP contribution is -2.06. The zero-order valence-electron chi connectivity index (χ0n) is 7.14. The highest BCUT2D eigenvalue weighted by Crippen LogP contribution is 2.40. The second-order valence-electron chi connectivity index (χ2n) is 2.89. The molecule has 2 aliphatic rings. The molecule has 72 valence electrons. The summed E-state index contributed by atoms with van der Waals surface area (Å²) >= 11 is 3.33. The SMILES string of the molecule is [O-]N(O)c1cc(Br)c2cccccc1-2. The highest BCUT2D eigenvalue weighted by atomic mass is 79.9. The number of hydrogen-bond donors (Lipinski definition) is 1. The van der Waals surface area contributed by atoms with Gasteiger partial charge in [-0.05, 0) is 11.6 Å². The van der Waals surface area contributed by atoms with E-state index in [4.69, 9.17) is 5.21 Å². The molecule has 0 fully saturated rings. The third-order valence-corrected chi connectivity index (χ3v) is 2.70. The van der Waals surface area contributed by atoms with Gasteiger partial charge < -0.3 is 10.4 Å². The van der Waals surface area contributed by atoms with E-state index in [0.717, 1.165) is 15.6 Å². The van der Waals surface area contributed by atoms with E-state index in [-0.39, 0.29) is 10.9 Å². The van der Waals surface area contributed by atoms with E-state index < -0.39 is 0 Å². The van der Waals surface area contributed by atoms with Crippen LogP contribution in [0.2, 0.25) is 0 Å². The summed E-state index contributed by atoms with van der Waals surface area (Å²) in [5, 5.41) is 19.6. The van der Waals surface area contributed by atoms with Gasteiger partial charge in [0.2, 0.25) is 0 Å². The van der Waals surface area contributed by atoms with Gasteiger partial charge in [0.25, 0.3) is 0 Å². The molecular weight excluding hydrogens is 246 g/mol. The molecule has 0 saturated carbocycles. The lowest BCUT2D eigenvalue weighted by molar-refractivity contribution is 0.297. The number of fused-ring (bicyclic) bond motifs is 1. The Morgan fingerprint density at radius 2 is 1.79 bits per heavy atom. The Morgan fingerprint density at radius 3 is 2.43 bits per heavy atom. The van der Waals surface area contributed by atoms with E-state index in [0.29, 0.717) is 0 Å². The summed E-state index contributed by atoms with van der Waals surface area (Å²) in [6, 6.07) is 10.8. The second-order valence-corrected chi connectivity index (χ2v) is 3.74. The molecule has 14 heavy (non-hydrogen) atoms. The van der Waals surface area contributed by atoms with Crippen LogP contribution >= 0.6 is 15.9 Å². The van der Waals surface area contributed by atoms with E-state index in [1.165, 1.54) is 0 Å². The van der Waals surface area contributed by atoms with Crippen molar-refractivity contribution in [2.45, 2.75) is 0 Å². The minimum atomic E-state index is -0.118. The van der Waals surface area contributed by atoms with Gasteiger partial charge in [-0.2, -0.15) is 0 Å². The maximum atomic E-state index is 10.8. The molecule has 3 nitrogen and oxygen atoms in total. The second kappa shape index (κ2) is 3.57. The molecule has 0 saturated heterocycles. The van der Waals surface area contributed by atoms with Crippen molar-refractivity contribution in [3.63, 3.8) is 0 Å². The van der Waals surface area contributed by atoms with Crippen LogP contribution in [0.25, 0.3) is 11.1 Å². The minimum absolute atomic E-state index is 0.118. The summed E-state index contributed by atoms with van der Waals surface area (Å²) < 4.78 is 0.800. The number of nitrogens with zero attached hydrogens (tertiary/aromatic N) is 1. The molecule has 0 amide bonds. The molecular formula is C10H7BrNO2-. The van der Waals surface area contributed by atoms with E-state index >= 15 is 0 Å². The van der Waals surface area contributed by atoms with Crippen LogP contribution in [0.1, 0.15) is 0 Å². The lowest BCUT2D eigenvalue weighted by Gasteiger charge is -2.21. The summed E-state index contributed by atoms with van der Waals surface area (Å²) in [5.41, 5.74) is 1.88. The standard InChI is InChI=1S/C10H7BrNO2/c11-9-6-10(12(13)14)8-5-3-1-2-4-7(8)9/h1-6,13H/q-1. The largest absolute Gasteiger partial charge is 0.733 e. The van der Waals surface area contributed by atoms with Gasteiger partial charge in [0, 0.05) is 10.0 Å². The molecule has 0 unspecified atom stereocenters. The smallest absolute Gasteiger partial charge is 0.0599 e. The molecule has 0 aromatic heterocycles. The van der Waals surface area contributed by atoms with Crippen LogP contribution in [0.15, 0.2) is 40.9 Å². The first-order chi connectivity index (χ1) is 6.70. The van der Waals surface area contributed by atoms with Gasteiger partial charge in [0.1, 0.15) is 0 Å². The first-order valence-corrected chi connectivity index (χ1v) is 4.83. The van der Waals surface area contributed by atoms with Crippen LogP contribution < -0.4 is 5.23 Å².